The van der Waals surface area contributed by atoms with E-state index in [4.69, 9.17) is 0 Å². The van der Waals surface area contributed by atoms with Crippen molar-refractivity contribution in [2.45, 2.75) is 51.6 Å². The van der Waals surface area contributed by atoms with E-state index in [-0.39, 0.29) is 11.1 Å². The molecule has 0 amide bonds. The molecule has 1 fully saturated rings. The summed E-state index contributed by atoms with van der Waals surface area (Å²) in [4.78, 5) is 0. The van der Waals surface area contributed by atoms with Gasteiger partial charge in [-0.2, -0.15) is 0 Å². The van der Waals surface area contributed by atoms with Gasteiger partial charge >= 0.3 is 0 Å². The maximum atomic E-state index is 14.8. The second-order valence-electron chi connectivity index (χ2n) is 8.89. The normalized spacial score (nSPS) is 18.7. The monoisotopic (exact) mass is 452 g/mol. The zero-order valence-corrected chi connectivity index (χ0v) is 18.8. The fourth-order valence-corrected chi connectivity index (χ4v) is 4.82. The van der Waals surface area contributed by atoms with Gasteiger partial charge < -0.3 is 0 Å². The van der Waals surface area contributed by atoms with Crippen LogP contribution in [0.15, 0.2) is 66.7 Å². The summed E-state index contributed by atoms with van der Waals surface area (Å²) >= 11 is 0. The molecule has 0 atom stereocenters. The number of hydrogen-bond acceptors (Lipinski definition) is 0. The summed E-state index contributed by atoms with van der Waals surface area (Å²) in [5.74, 6) is -1.25. The minimum Gasteiger partial charge on any atom is -0.246 e. The molecule has 0 aliphatic heterocycles. The number of alkyl halides is 1. The lowest BCUT2D eigenvalue weighted by atomic mass is 9.77. The Labute approximate surface area is 193 Å². The molecule has 1 aliphatic carbocycles. The molecule has 0 radical (unpaired) electrons. The van der Waals surface area contributed by atoms with Gasteiger partial charge in [0.05, 0.1) is 5.56 Å². The van der Waals surface area contributed by atoms with Gasteiger partial charge in [0.1, 0.15) is 24.1 Å². The van der Waals surface area contributed by atoms with E-state index in [1.807, 2.05) is 12.1 Å². The van der Waals surface area contributed by atoms with Crippen molar-refractivity contribution in [2.24, 2.45) is 5.92 Å². The fraction of sp³-hybridized carbons (Fsp3) is 0.310. The second-order valence-corrected chi connectivity index (χ2v) is 8.89. The summed E-state index contributed by atoms with van der Waals surface area (Å²) in [6.07, 6.45) is 10.4. The van der Waals surface area contributed by atoms with Crippen LogP contribution in [-0.4, -0.2) is 0 Å². The summed E-state index contributed by atoms with van der Waals surface area (Å²) in [6, 6.07) is 14.8. The number of hydrogen-bond donors (Lipinski definition) is 0. The lowest BCUT2D eigenvalue weighted by Gasteiger charge is -2.28. The lowest BCUT2D eigenvalue weighted by molar-refractivity contribution is 0.328. The molecule has 0 saturated heterocycles. The summed E-state index contributed by atoms with van der Waals surface area (Å²) in [5, 5.41) is 0. The van der Waals surface area contributed by atoms with E-state index in [1.165, 1.54) is 49.8 Å². The Hall–Kier alpha value is -2.88. The van der Waals surface area contributed by atoms with Gasteiger partial charge in [0, 0.05) is 5.56 Å². The second kappa shape index (κ2) is 10.4. The molecule has 0 spiro atoms. The third-order valence-electron chi connectivity index (χ3n) is 6.82. The Morgan fingerprint density at radius 1 is 0.758 bits per heavy atom. The molecule has 172 valence electrons. The highest BCUT2D eigenvalue weighted by Crippen LogP contribution is 2.38. The lowest BCUT2D eigenvalue weighted by Crippen LogP contribution is -2.12. The molecular formula is C29H28F4. The van der Waals surface area contributed by atoms with Gasteiger partial charge in [-0.3, -0.25) is 0 Å². The van der Waals surface area contributed by atoms with Crippen LogP contribution in [0.2, 0.25) is 0 Å². The maximum absolute atomic E-state index is 14.8. The highest BCUT2D eigenvalue weighted by molar-refractivity contribution is 5.71. The van der Waals surface area contributed by atoms with Gasteiger partial charge in [0.2, 0.25) is 0 Å². The van der Waals surface area contributed by atoms with Crippen molar-refractivity contribution in [3.63, 3.8) is 0 Å². The quantitative estimate of drug-likeness (QED) is 0.258. The summed E-state index contributed by atoms with van der Waals surface area (Å²) < 4.78 is 55.5. The number of benzene rings is 3. The fourth-order valence-electron chi connectivity index (χ4n) is 4.82. The first-order valence-electron chi connectivity index (χ1n) is 11.6. The smallest absolute Gasteiger partial charge is 0.132 e. The van der Waals surface area contributed by atoms with Crippen LogP contribution in [0.25, 0.3) is 22.3 Å². The first-order chi connectivity index (χ1) is 16.0. The molecule has 3 aromatic rings. The number of rotatable bonds is 6. The van der Waals surface area contributed by atoms with Gasteiger partial charge in [0.25, 0.3) is 0 Å². The Morgan fingerprint density at radius 2 is 1.36 bits per heavy atom. The number of halogens is 4. The van der Waals surface area contributed by atoms with E-state index in [2.05, 4.69) is 31.2 Å². The minimum atomic E-state index is -1.24. The summed E-state index contributed by atoms with van der Waals surface area (Å²) in [6.45, 7) is 0.824. The molecule has 0 unspecified atom stereocenters. The molecule has 1 saturated carbocycles. The largest absolute Gasteiger partial charge is 0.246 e. The average molecular weight is 453 g/mol. The molecule has 0 aromatic heterocycles. The first-order valence-corrected chi connectivity index (χ1v) is 11.6. The van der Waals surface area contributed by atoms with Gasteiger partial charge in [-0.05, 0) is 91.3 Å². The van der Waals surface area contributed by atoms with Gasteiger partial charge in [-0.1, -0.05) is 48.6 Å². The molecule has 1 aliphatic rings. The highest BCUT2D eigenvalue weighted by Gasteiger charge is 2.21. The van der Waals surface area contributed by atoms with Crippen molar-refractivity contribution in [1.82, 2.24) is 0 Å². The topological polar surface area (TPSA) is 0 Å². The van der Waals surface area contributed by atoms with E-state index >= 15 is 0 Å². The van der Waals surface area contributed by atoms with E-state index in [9.17, 15) is 17.6 Å². The third kappa shape index (κ3) is 5.21. The third-order valence-corrected chi connectivity index (χ3v) is 6.82. The van der Waals surface area contributed by atoms with Crippen molar-refractivity contribution in [3.05, 3.63) is 95.3 Å². The van der Waals surface area contributed by atoms with Crippen LogP contribution in [0.1, 0.15) is 56.1 Å². The molecule has 3 aromatic carbocycles. The maximum Gasteiger partial charge on any atom is 0.132 e. The molecule has 0 N–H and O–H groups in total. The predicted octanol–water partition coefficient (Wildman–Crippen LogP) is 9.15. The molecule has 4 heteroatoms. The highest BCUT2D eigenvalue weighted by atomic mass is 19.1. The molecule has 4 rings (SSSR count). The van der Waals surface area contributed by atoms with Crippen molar-refractivity contribution in [2.75, 3.05) is 0 Å². The Bertz CT molecular complexity index is 1100. The summed E-state index contributed by atoms with van der Waals surface area (Å²) in [5.41, 5.74) is 2.39. The summed E-state index contributed by atoms with van der Waals surface area (Å²) in [7, 11) is 0. The van der Waals surface area contributed by atoms with Crippen molar-refractivity contribution in [3.8, 4) is 22.3 Å². The van der Waals surface area contributed by atoms with E-state index < -0.39 is 29.7 Å². The molecule has 33 heavy (non-hydrogen) atoms. The first kappa shape index (κ1) is 23.3. The molecule has 0 nitrogen and oxygen atoms in total. The van der Waals surface area contributed by atoms with Crippen molar-refractivity contribution in [1.29, 1.82) is 0 Å². The predicted molar refractivity (Wildman–Crippen MR) is 126 cm³/mol. The van der Waals surface area contributed by atoms with Crippen LogP contribution in [0.3, 0.4) is 0 Å². The van der Waals surface area contributed by atoms with Gasteiger partial charge in [0.15, 0.2) is 0 Å². The van der Waals surface area contributed by atoms with E-state index in [1.54, 1.807) is 6.07 Å². The molecule has 0 heterocycles. The zero-order chi connectivity index (χ0) is 23.4. The van der Waals surface area contributed by atoms with Crippen LogP contribution in [0.4, 0.5) is 17.6 Å². The Morgan fingerprint density at radius 3 is 1.94 bits per heavy atom. The minimum absolute atomic E-state index is 0.0478. The van der Waals surface area contributed by atoms with E-state index in [0.717, 1.165) is 23.6 Å². The Kier molecular flexibility index (Phi) is 7.32. The van der Waals surface area contributed by atoms with Crippen molar-refractivity contribution >= 4 is 0 Å². The molecule has 0 bridgehead atoms. The van der Waals surface area contributed by atoms with Crippen LogP contribution in [-0.2, 0) is 6.67 Å². The van der Waals surface area contributed by atoms with Gasteiger partial charge in [-0.15, -0.1) is 0 Å². The van der Waals surface area contributed by atoms with Crippen LogP contribution in [0.5, 0.6) is 0 Å². The molecular weight excluding hydrogens is 424 g/mol. The number of allylic oxidation sites excluding steroid dienone is 2. The van der Waals surface area contributed by atoms with Crippen LogP contribution >= 0.6 is 0 Å². The van der Waals surface area contributed by atoms with Gasteiger partial charge in [-0.25, -0.2) is 17.6 Å². The zero-order valence-electron chi connectivity index (χ0n) is 18.8. The SMILES string of the molecule is C/C=C\CC1CCC(c2ccc(-c3ccc(-c4cc(F)c(CF)c(F)c4)c(F)c3)cc2)CC1. The van der Waals surface area contributed by atoms with Crippen LogP contribution < -0.4 is 0 Å². The standard InChI is InChI=1S/C29H28F4/c1-2-3-4-19-5-7-20(8-6-19)21-9-11-22(12-10-21)23-13-14-25(27(31)15-23)24-16-28(32)26(18-30)29(33)17-24/h2-3,9-17,19-20H,4-8,18H2,1H3/b3-2-. The van der Waals surface area contributed by atoms with E-state index in [0.29, 0.717) is 11.5 Å². The Balaban J connectivity index is 1.49. The van der Waals surface area contributed by atoms with Crippen LogP contribution in [0, 0.1) is 23.4 Å². The van der Waals surface area contributed by atoms with Crippen molar-refractivity contribution < 1.29 is 17.6 Å². The average Bonchev–Trinajstić information content (AvgIpc) is 2.83.